The second kappa shape index (κ2) is 22.3. The second-order valence-corrected chi connectivity index (χ2v) is 22.0. The molecule has 0 bridgehead atoms. The van der Waals surface area contributed by atoms with Crippen LogP contribution >= 0.6 is 11.6 Å². The molecule has 5 rings (SSSR count). The van der Waals surface area contributed by atoms with Gasteiger partial charge in [0.25, 0.3) is 0 Å². The molecule has 0 saturated carbocycles. The molecule has 7 heteroatoms. The van der Waals surface area contributed by atoms with E-state index in [0.717, 1.165) is 124 Å². The topological polar surface area (TPSA) is 80.9 Å². The van der Waals surface area contributed by atoms with Crippen LogP contribution < -0.4 is 4.90 Å². The zero-order valence-corrected chi connectivity index (χ0v) is 43.0. The molecule has 2 N–H and O–H groups in total. The Balaban J connectivity index is 1.73. The lowest BCUT2D eigenvalue weighted by molar-refractivity contribution is -0.436. The Morgan fingerprint density at radius 3 is 1.78 bits per heavy atom. The Hall–Kier alpha value is -3.90. The molecule has 0 fully saturated rings. The fraction of sp³-hybridized carbons (Fsp3) is 0.603. The Labute approximate surface area is 399 Å². The van der Waals surface area contributed by atoms with Crippen LogP contribution in [0.3, 0.4) is 0 Å². The summed E-state index contributed by atoms with van der Waals surface area (Å²) in [5.74, 6) is -1.16. The molecule has 6 nitrogen and oxygen atoms in total. The quantitative estimate of drug-likeness (QED) is 0.115. The van der Waals surface area contributed by atoms with E-state index in [1.165, 1.54) is 33.7 Å². The number of anilines is 1. The van der Waals surface area contributed by atoms with Gasteiger partial charge in [0, 0.05) is 46.1 Å². The van der Waals surface area contributed by atoms with Gasteiger partial charge < -0.3 is 15.1 Å². The number of aliphatic carboxylic acids is 2. The van der Waals surface area contributed by atoms with E-state index < -0.39 is 11.9 Å². The van der Waals surface area contributed by atoms with Crippen molar-refractivity contribution < 1.29 is 24.4 Å². The summed E-state index contributed by atoms with van der Waals surface area (Å²) in [6, 6.07) is 13.9. The fourth-order valence-corrected chi connectivity index (χ4v) is 11.2. The van der Waals surface area contributed by atoms with E-state index in [-0.39, 0.29) is 34.5 Å². The fourth-order valence-electron chi connectivity index (χ4n) is 10.9. The highest BCUT2D eigenvalue weighted by atomic mass is 35.5. The molecule has 0 aromatic heterocycles. The lowest BCUT2D eigenvalue weighted by atomic mass is 9.69. The summed E-state index contributed by atoms with van der Waals surface area (Å²) in [7, 11) is 0. The van der Waals surface area contributed by atoms with Crippen molar-refractivity contribution in [3.8, 4) is 0 Å². The van der Waals surface area contributed by atoms with Gasteiger partial charge in [-0.15, -0.1) is 0 Å². The molecule has 0 spiro atoms. The first-order chi connectivity index (χ1) is 30.8. The first-order valence-corrected chi connectivity index (χ1v) is 25.8. The molecule has 2 aliphatic heterocycles. The van der Waals surface area contributed by atoms with Crippen LogP contribution in [0, 0.1) is 5.92 Å². The van der Waals surface area contributed by atoms with Crippen molar-refractivity contribution >= 4 is 40.6 Å². The minimum absolute atomic E-state index is 0.0238. The van der Waals surface area contributed by atoms with Gasteiger partial charge in [-0.1, -0.05) is 176 Å². The van der Waals surface area contributed by atoms with Gasteiger partial charge in [0.15, 0.2) is 12.3 Å². The van der Waals surface area contributed by atoms with E-state index in [1.807, 2.05) is 0 Å². The Bertz CT molecular complexity index is 2160. The molecular weight excluding hydrogens is 824 g/mol. The summed E-state index contributed by atoms with van der Waals surface area (Å²) in [6.07, 6.45) is 24.8. The average Bonchev–Trinajstić information content (AvgIpc) is 3.67. The average molecular weight is 909 g/mol. The van der Waals surface area contributed by atoms with E-state index in [0.29, 0.717) is 19.0 Å². The third kappa shape index (κ3) is 11.6. The van der Waals surface area contributed by atoms with Crippen LogP contribution in [0.15, 0.2) is 82.6 Å². The Morgan fingerprint density at radius 1 is 0.723 bits per heavy atom. The number of allylic oxidation sites excluding steroid dienone is 8. The molecule has 2 heterocycles. The van der Waals surface area contributed by atoms with Crippen LogP contribution in [0.25, 0.3) is 0 Å². The molecule has 0 amide bonds. The smallest absolute Gasteiger partial charge is 0.309 e. The molecule has 1 unspecified atom stereocenters. The van der Waals surface area contributed by atoms with Crippen molar-refractivity contribution in [2.45, 2.75) is 207 Å². The van der Waals surface area contributed by atoms with Crippen LogP contribution in [-0.2, 0) is 31.2 Å². The van der Waals surface area contributed by atoms with E-state index >= 15 is 0 Å². The maximum absolute atomic E-state index is 12.2. The van der Waals surface area contributed by atoms with Crippen molar-refractivity contribution in [3.63, 3.8) is 0 Å². The van der Waals surface area contributed by atoms with E-state index in [2.05, 4.69) is 146 Å². The molecule has 1 atom stereocenters. The molecule has 2 aromatic rings. The molecule has 1 aliphatic carbocycles. The molecule has 65 heavy (non-hydrogen) atoms. The van der Waals surface area contributed by atoms with Gasteiger partial charge in [0.2, 0.25) is 5.69 Å². The number of unbranched alkanes of at least 4 members (excludes halogenated alkanes) is 4. The highest BCUT2D eigenvalue weighted by Crippen LogP contribution is 2.55. The molecule has 3 aliphatic rings. The normalized spacial score (nSPS) is 19.6. The van der Waals surface area contributed by atoms with Crippen molar-refractivity contribution in [2.75, 3.05) is 18.0 Å². The summed E-state index contributed by atoms with van der Waals surface area (Å²) in [5.41, 5.74) is 11.7. The summed E-state index contributed by atoms with van der Waals surface area (Å²) in [5, 5.41) is 20.8. The largest absolute Gasteiger partial charge is 0.481 e. The van der Waals surface area contributed by atoms with Crippen molar-refractivity contribution in [3.05, 3.63) is 105 Å². The Kier molecular flexibility index (Phi) is 17.8. The minimum Gasteiger partial charge on any atom is -0.481 e. The predicted octanol–water partition coefficient (Wildman–Crippen LogP) is 15.8. The van der Waals surface area contributed by atoms with Gasteiger partial charge in [-0.2, -0.15) is 4.58 Å². The number of benzene rings is 2. The van der Waals surface area contributed by atoms with Crippen LogP contribution in [0.5, 0.6) is 0 Å². The zero-order chi connectivity index (χ0) is 47.7. The standard InChI is InChI=1S/C58H83ClN2O4/c1-12-17-31-57(32-18-13-2)46-39-44(55(6,7)8)23-25-48(46)60(35-29-52(62)63)50(57)27-21-42-37-41(16-5)38-43(54(42)59)22-28-51-58(33-19-14-3,34-20-15-4)47-40-45(56(9,10)11)24-26-49(47)61(51)36-30-53(64)65/h21-28,39-41H,12-20,29-38H2,1-11H3,(H-,62,63,64,65)/p+1. The predicted molar refractivity (Wildman–Crippen MR) is 275 cm³/mol. The number of carboxylic acids is 2. The lowest BCUT2D eigenvalue weighted by Gasteiger charge is -2.35. The van der Waals surface area contributed by atoms with Gasteiger partial charge >= 0.3 is 11.9 Å². The van der Waals surface area contributed by atoms with Gasteiger partial charge in [0.05, 0.1) is 11.8 Å². The number of hydrogen-bond acceptors (Lipinski definition) is 3. The lowest BCUT2D eigenvalue weighted by Crippen LogP contribution is -2.35. The van der Waals surface area contributed by atoms with E-state index in [4.69, 9.17) is 11.6 Å². The first kappa shape index (κ1) is 52.1. The maximum atomic E-state index is 12.2. The van der Waals surface area contributed by atoms with Crippen LogP contribution in [0.2, 0.25) is 0 Å². The minimum atomic E-state index is -0.788. The first-order valence-electron chi connectivity index (χ1n) is 25.5. The highest BCUT2D eigenvalue weighted by Gasteiger charge is 2.51. The summed E-state index contributed by atoms with van der Waals surface area (Å²) >= 11 is 7.66. The van der Waals surface area contributed by atoms with Crippen LogP contribution in [0.4, 0.5) is 11.4 Å². The van der Waals surface area contributed by atoms with Gasteiger partial charge in [-0.25, -0.2) is 0 Å². The van der Waals surface area contributed by atoms with Gasteiger partial charge in [-0.05, 0) is 101 Å². The molecular formula is C58H84ClN2O4+. The van der Waals surface area contributed by atoms with Gasteiger partial charge in [0.1, 0.15) is 6.42 Å². The Morgan fingerprint density at radius 2 is 1.26 bits per heavy atom. The number of fused-ring (bicyclic) bond motifs is 2. The monoisotopic (exact) mass is 908 g/mol. The molecule has 356 valence electrons. The highest BCUT2D eigenvalue weighted by molar-refractivity contribution is 6.32. The third-order valence-corrected chi connectivity index (χ3v) is 15.4. The SMILES string of the molecule is CCCCC1(CCCC)C(/C=C/C2=C(Cl)C(=C/C=C3/N(CCC(=O)O)c4ccc(C(C)(C)C)cc4C3(CCCC)CCCC)/CC(CC)C2)=[N+](CCC(=O)O)c2ccc(C(C)(C)C)cc21. The van der Waals surface area contributed by atoms with Crippen molar-refractivity contribution in [1.29, 1.82) is 0 Å². The summed E-state index contributed by atoms with van der Waals surface area (Å²) < 4.78 is 2.33. The van der Waals surface area contributed by atoms with Crippen LogP contribution in [0.1, 0.15) is 208 Å². The number of nitrogens with zero attached hydrogens (tertiary/aromatic N) is 2. The molecule has 0 saturated heterocycles. The van der Waals surface area contributed by atoms with E-state index in [1.54, 1.807) is 0 Å². The summed E-state index contributed by atoms with van der Waals surface area (Å²) in [4.78, 5) is 26.7. The summed E-state index contributed by atoms with van der Waals surface area (Å²) in [6.45, 7) is 25.8. The number of hydrogen-bond donors (Lipinski definition) is 2. The van der Waals surface area contributed by atoms with Crippen LogP contribution in [-0.4, -0.2) is 45.5 Å². The van der Waals surface area contributed by atoms with E-state index in [9.17, 15) is 19.8 Å². The van der Waals surface area contributed by atoms with Gasteiger partial charge in [-0.3, -0.25) is 9.59 Å². The molecule has 2 aromatic carbocycles. The number of rotatable bonds is 22. The second-order valence-electron chi connectivity index (χ2n) is 21.6. The molecule has 0 radical (unpaired) electrons. The number of carbonyl (C=O) groups is 2. The number of halogens is 1. The third-order valence-electron chi connectivity index (χ3n) is 14.9. The maximum Gasteiger partial charge on any atom is 0.309 e. The van der Waals surface area contributed by atoms with Crippen molar-refractivity contribution in [2.24, 2.45) is 5.92 Å². The number of carboxylic acid groups (broad SMARTS) is 2. The zero-order valence-electron chi connectivity index (χ0n) is 42.3. The van der Waals surface area contributed by atoms with Crippen molar-refractivity contribution in [1.82, 2.24) is 0 Å².